The van der Waals surface area contributed by atoms with Crippen molar-refractivity contribution in [3.05, 3.63) is 17.7 Å². The third kappa shape index (κ3) is 6.46. The number of carbonyl (C=O) groups excluding carboxylic acids is 2. The van der Waals surface area contributed by atoms with Crippen molar-refractivity contribution in [2.45, 2.75) is 39.7 Å². The summed E-state index contributed by atoms with van der Waals surface area (Å²) in [5.74, 6) is 1.15. The number of esters is 1. The van der Waals surface area contributed by atoms with Crippen molar-refractivity contribution in [2.75, 3.05) is 27.9 Å². The molecule has 0 aliphatic rings. The molecule has 1 aromatic carbocycles. The Kier molecular flexibility index (Phi) is 8.75. The van der Waals surface area contributed by atoms with Crippen LogP contribution in [-0.4, -0.2) is 45.9 Å². The lowest BCUT2D eigenvalue weighted by molar-refractivity contribution is -0.154. The Morgan fingerprint density at radius 1 is 1.00 bits per heavy atom. The van der Waals surface area contributed by atoms with E-state index >= 15 is 0 Å². The van der Waals surface area contributed by atoms with E-state index in [0.717, 1.165) is 5.56 Å². The largest absolute Gasteiger partial charge is 0.493 e. The Bertz CT molecular complexity index is 589. The first-order valence-electron chi connectivity index (χ1n) is 8.58. The molecular weight excluding hydrogens is 338 g/mol. The van der Waals surface area contributed by atoms with Crippen molar-refractivity contribution in [3.63, 3.8) is 0 Å². The molecule has 0 saturated carbocycles. The Hall–Kier alpha value is -2.44. The van der Waals surface area contributed by atoms with Gasteiger partial charge >= 0.3 is 5.97 Å². The summed E-state index contributed by atoms with van der Waals surface area (Å²) in [4.78, 5) is 23.9. The molecule has 1 atom stereocenters. The number of ether oxygens (including phenoxy) is 4. The maximum atomic E-state index is 12.0. The Morgan fingerprint density at radius 3 is 2.04 bits per heavy atom. The van der Waals surface area contributed by atoms with E-state index in [9.17, 15) is 9.59 Å². The van der Waals surface area contributed by atoms with E-state index in [0.29, 0.717) is 36.1 Å². The van der Waals surface area contributed by atoms with Crippen LogP contribution in [0.2, 0.25) is 0 Å². The van der Waals surface area contributed by atoms with E-state index < -0.39 is 12.1 Å². The zero-order valence-electron chi connectivity index (χ0n) is 16.4. The molecule has 7 nitrogen and oxygen atoms in total. The van der Waals surface area contributed by atoms with Gasteiger partial charge in [0.15, 0.2) is 17.6 Å². The van der Waals surface area contributed by atoms with Crippen molar-refractivity contribution >= 4 is 11.9 Å². The molecule has 1 aromatic rings. The molecule has 0 spiro atoms. The van der Waals surface area contributed by atoms with Crippen LogP contribution in [0.15, 0.2) is 12.1 Å². The van der Waals surface area contributed by atoms with Gasteiger partial charge in [-0.15, -0.1) is 0 Å². The average Bonchev–Trinajstić information content (AvgIpc) is 2.62. The van der Waals surface area contributed by atoms with Gasteiger partial charge in [-0.05, 0) is 37.0 Å². The van der Waals surface area contributed by atoms with Gasteiger partial charge in [-0.3, -0.25) is 9.59 Å². The molecular formula is C19H29NO6. The lowest BCUT2D eigenvalue weighted by atomic mass is 10.1. The maximum absolute atomic E-state index is 12.0. The minimum Gasteiger partial charge on any atom is -0.493 e. The SMILES string of the molecule is COc1cc(CCC(=O)OC(C)C(=O)NCC(C)C)cc(OC)c1OC. The van der Waals surface area contributed by atoms with E-state index in [1.807, 2.05) is 13.8 Å². The highest BCUT2D eigenvalue weighted by Crippen LogP contribution is 2.38. The Balaban J connectivity index is 2.63. The summed E-state index contributed by atoms with van der Waals surface area (Å²) in [7, 11) is 4.60. The number of rotatable bonds is 10. The first kappa shape index (κ1) is 21.6. The van der Waals surface area contributed by atoms with Crippen LogP contribution in [0.3, 0.4) is 0 Å². The van der Waals surface area contributed by atoms with Gasteiger partial charge in [-0.2, -0.15) is 0 Å². The highest BCUT2D eigenvalue weighted by molar-refractivity contribution is 5.83. The van der Waals surface area contributed by atoms with Gasteiger partial charge < -0.3 is 24.3 Å². The Morgan fingerprint density at radius 2 is 1.58 bits per heavy atom. The summed E-state index contributed by atoms with van der Waals surface area (Å²) in [5.41, 5.74) is 0.841. The molecule has 0 aliphatic heterocycles. The predicted octanol–water partition coefficient (Wildman–Crippen LogP) is 2.35. The van der Waals surface area contributed by atoms with Gasteiger partial charge in [0.1, 0.15) is 0 Å². The van der Waals surface area contributed by atoms with Crippen LogP contribution in [0.5, 0.6) is 17.2 Å². The smallest absolute Gasteiger partial charge is 0.306 e. The normalized spacial score (nSPS) is 11.7. The van der Waals surface area contributed by atoms with Crippen LogP contribution in [0.4, 0.5) is 0 Å². The number of aryl methyl sites for hydroxylation is 1. The summed E-state index contributed by atoms with van der Waals surface area (Å²) in [6, 6.07) is 3.57. The number of carbonyl (C=O) groups is 2. The summed E-state index contributed by atoms with van der Waals surface area (Å²) in [6.07, 6.45) is -0.253. The number of nitrogens with one attached hydrogen (secondary N) is 1. The molecule has 0 heterocycles. The Labute approximate surface area is 155 Å². The number of hydrogen-bond donors (Lipinski definition) is 1. The number of hydrogen-bond acceptors (Lipinski definition) is 6. The van der Waals surface area contributed by atoms with Gasteiger partial charge in [0.05, 0.1) is 21.3 Å². The van der Waals surface area contributed by atoms with E-state index in [1.165, 1.54) is 21.3 Å². The van der Waals surface area contributed by atoms with E-state index in [4.69, 9.17) is 18.9 Å². The molecule has 0 saturated heterocycles. The molecule has 0 aliphatic carbocycles. The first-order valence-corrected chi connectivity index (χ1v) is 8.58. The monoisotopic (exact) mass is 367 g/mol. The van der Waals surface area contributed by atoms with E-state index in [-0.39, 0.29) is 12.3 Å². The molecule has 7 heteroatoms. The molecule has 1 rings (SSSR count). The minimum atomic E-state index is -0.818. The van der Waals surface area contributed by atoms with Crippen molar-refractivity contribution in [1.82, 2.24) is 5.32 Å². The summed E-state index contributed by atoms with van der Waals surface area (Å²) < 4.78 is 21.0. The van der Waals surface area contributed by atoms with Gasteiger partial charge in [-0.25, -0.2) is 0 Å². The second-order valence-electron chi connectivity index (χ2n) is 6.30. The molecule has 0 bridgehead atoms. The second-order valence-corrected chi connectivity index (χ2v) is 6.30. The molecule has 1 unspecified atom stereocenters. The minimum absolute atomic E-state index is 0.139. The van der Waals surface area contributed by atoms with Crippen LogP contribution < -0.4 is 19.5 Å². The second kappa shape index (κ2) is 10.5. The van der Waals surface area contributed by atoms with Crippen LogP contribution in [0.1, 0.15) is 32.8 Å². The third-order valence-corrected chi connectivity index (χ3v) is 3.70. The molecule has 0 fully saturated rings. The topological polar surface area (TPSA) is 83.1 Å². The fourth-order valence-electron chi connectivity index (χ4n) is 2.28. The van der Waals surface area contributed by atoms with Crippen molar-refractivity contribution in [2.24, 2.45) is 5.92 Å². The molecule has 1 amide bonds. The fraction of sp³-hybridized carbons (Fsp3) is 0.579. The van der Waals surface area contributed by atoms with Gasteiger partial charge in [-0.1, -0.05) is 13.8 Å². The van der Waals surface area contributed by atoms with Crippen LogP contribution in [0, 0.1) is 5.92 Å². The summed E-state index contributed by atoms with van der Waals surface area (Å²) in [6.45, 7) is 6.10. The maximum Gasteiger partial charge on any atom is 0.306 e. The fourth-order valence-corrected chi connectivity index (χ4v) is 2.28. The van der Waals surface area contributed by atoms with Gasteiger partial charge in [0.2, 0.25) is 5.75 Å². The molecule has 26 heavy (non-hydrogen) atoms. The summed E-state index contributed by atoms with van der Waals surface area (Å²) >= 11 is 0. The third-order valence-electron chi connectivity index (χ3n) is 3.70. The number of benzene rings is 1. The lowest BCUT2D eigenvalue weighted by Gasteiger charge is -2.15. The highest BCUT2D eigenvalue weighted by Gasteiger charge is 2.18. The van der Waals surface area contributed by atoms with Crippen LogP contribution >= 0.6 is 0 Å². The lowest BCUT2D eigenvalue weighted by Crippen LogP contribution is -2.37. The number of methoxy groups -OCH3 is 3. The van der Waals surface area contributed by atoms with Crippen LogP contribution in [0.25, 0.3) is 0 Å². The molecule has 0 aromatic heterocycles. The molecule has 146 valence electrons. The zero-order chi connectivity index (χ0) is 19.7. The standard InChI is InChI=1S/C19H29NO6/c1-12(2)11-20-19(22)13(3)26-17(21)8-7-14-9-15(23-4)18(25-6)16(10-14)24-5/h9-10,12-13H,7-8,11H2,1-6H3,(H,20,22). The number of amides is 1. The average molecular weight is 367 g/mol. The molecule has 1 N–H and O–H groups in total. The zero-order valence-corrected chi connectivity index (χ0v) is 16.4. The predicted molar refractivity (Wildman–Crippen MR) is 97.8 cm³/mol. The quantitative estimate of drug-likeness (QED) is 0.639. The summed E-state index contributed by atoms with van der Waals surface area (Å²) in [5, 5.41) is 2.74. The van der Waals surface area contributed by atoms with E-state index in [1.54, 1.807) is 19.1 Å². The molecule has 0 radical (unpaired) electrons. The van der Waals surface area contributed by atoms with Crippen molar-refractivity contribution < 1.29 is 28.5 Å². The first-order chi connectivity index (χ1) is 12.3. The van der Waals surface area contributed by atoms with E-state index in [2.05, 4.69) is 5.32 Å². The van der Waals surface area contributed by atoms with Crippen molar-refractivity contribution in [1.29, 1.82) is 0 Å². The van der Waals surface area contributed by atoms with Gasteiger partial charge in [0.25, 0.3) is 5.91 Å². The van der Waals surface area contributed by atoms with Crippen molar-refractivity contribution in [3.8, 4) is 17.2 Å². The van der Waals surface area contributed by atoms with Crippen LogP contribution in [-0.2, 0) is 20.7 Å². The highest BCUT2D eigenvalue weighted by atomic mass is 16.5. The van der Waals surface area contributed by atoms with Gasteiger partial charge in [0, 0.05) is 13.0 Å².